The van der Waals surface area contributed by atoms with Crippen LogP contribution in [0.3, 0.4) is 0 Å². The van der Waals surface area contributed by atoms with Gasteiger partial charge in [-0.15, -0.1) is 13.2 Å². The lowest BCUT2D eigenvalue weighted by Crippen LogP contribution is -2.25. The van der Waals surface area contributed by atoms with Crippen molar-refractivity contribution in [3.8, 4) is 5.75 Å². The highest BCUT2D eigenvalue weighted by Gasteiger charge is 2.31. The number of hydrogen-bond donors (Lipinski definition) is 1. The second-order valence-corrected chi connectivity index (χ2v) is 4.53. The maximum Gasteiger partial charge on any atom is 0.573 e. The molecule has 0 fully saturated rings. The molecule has 4 nitrogen and oxygen atoms in total. The fraction of sp³-hybridized carbons (Fsp3) is 0.200. The Hall–Kier alpha value is -2.57. The quantitative estimate of drug-likeness (QED) is 0.943. The number of rotatable bonds is 4. The van der Waals surface area contributed by atoms with Crippen molar-refractivity contribution in [3.63, 3.8) is 0 Å². The lowest BCUT2D eigenvalue weighted by molar-refractivity contribution is -0.274. The number of alkyl halides is 3. The summed E-state index contributed by atoms with van der Waals surface area (Å²) in [7, 11) is 0. The Kier molecular flexibility index (Phi) is 4.65. The number of benzene rings is 1. The lowest BCUT2D eigenvalue weighted by Gasteiger charge is -2.14. The number of carbonyl (C=O) groups is 1. The van der Waals surface area contributed by atoms with Crippen molar-refractivity contribution in [2.45, 2.75) is 19.8 Å². The maximum absolute atomic E-state index is 12.3. The van der Waals surface area contributed by atoms with Gasteiger partial charge in [0.15, 0.2) is 0 Å². The molecule has 2 aromatic rings. The van der Waals surface area contributed by atoms with Gasteiger partial charge in [0, 0.05) is 30.1 Å². The zero-order valence-corrected chi connectivity index (χ0v) is 11.6. The number of pyridine rings is 1. The molecule has 0 radical (unpaired) electrons. The number of ether oxygens (including phenoxy) is 1. The third kappa shape index (κ3) is 4.21. The van der Waals surface area contributed by atoms with Crippen LogP contribution >= 0.6 is 0 Å². The van der Waals surface area contributed by atoms with Crippen LogP contribution in [0.5, 0.6) is 5.75 Å². The number of aryl methyl sites for hydroxylation is 1. The van der Waals surface area contributed by atoms with E-state index in [-0.39, 0.29) is 23.8 Å². The standard InChI is InChI=1S/C15H13F3N2O2/c1-10-8-19-7-6-12(10)14(21)20-9-11-4-2-3-5-13(11)22-15(16,17)18/h2-8H,9H2,1H3,(H,20,21). The van der Waals surface area contributed by atoms with Crippen LogP contribution in [0, 0.1) is 6.92 Å². The number of aromatic nitrogens is 1. The lowest BCUT2D eigenvalue weighted by atomic mass is 10.1. The average molecular weight is 310 g/mol. The molecule has 7 heteroatoms. The van der Waals surface area contributed by atoms with Gasteiger partial charge in [-0.1, -0.05) is 18.2 Å². The maximum atomic E-state index is 12.3. The summed E-state index contributed by atoms with van der Waals surface area (Å²) in [6, 6.07) is 7.21. The van der Waals surface area contributed by atoms with Gasteiger partial charge in [0.05, 0.1) is 0 Å². The molecule has 1 aromatic heterocycles. The summed E-state index contributed by atoms with van der Waals surface area (Å²) < 4.78 is 40.9. The average Bonchev–Trinajstić information content (AvgIpc) is 2.45. The molecule has 2 rings (SSSR count). The van der Waals surface area contributed by atoms with Crippen LogP contribution in [-0.2, 0) is 6.54 Å². The summed E-state index contributed by atoms with van der Waals surface area (Å²) in [6.45, 7) is 1.65. The highest BCUT2D eigenvalue weighted by Crippen LogP contribution is 2.26. The molecule has 1 heterocycles. The van der Waals surface area contributed by atoms with Crippen molar-refractivity contribution in [1.82, 2.24) is 10.3 Å². The molecule has 0 aliphatic heterocycles. The summed E-state index contributed by atoms with van der Waals surface area (Å²) in [5.74, 6) is -0.719. The number of nitrogens with one attached hydrogen (secondary N) is 1. The van der Waals surface area contributed by atoms with E-state index in [1.807, 2.05) is 0 Å². The molecule has 0 bridgehead atoms. The molecule has 116 valence electrons. The molecule has 0 atom stereocenters. The van der Waals surface area contributed by atoms with Gasteiger partial charge in [-0.2, -0.15) is 0 Å². The molecule has 1 aromatic carbocycles. The van der Waals surface area contributed by atoms with Gasteiger partial charge in [-0.05, 0) is 24.6 Å². The predicted octanol–water partition coefficient (Wildman–Crippen LogP) is 3.22. The number of amides is 1. The minimum absolute atomic E-state index is 0.0765. The van der Waals surface area contributed by atoms with Gasteiger partial charge in [0.2, 0.25) is 0 Å². The molecule has 0 unspecified atom stereocenters. The van der Waals surface area contributed by atoms with E-state index in [9.17, 15) is 18.0 Å². The van der Waals surface area contributed by atoms with E-state index in [0.717, 1.165) is 0 Å². The first-order valence-corrected chi connectivity index (χ1v) is 6.39. The second kappa shape index (κ2) is 6.46. The van der Waals surface area contributed by atoms with Gasteiger partial charge in [0.1, 0.15) is 5.75 Å². The van der Waals surface area contributed by atoms with Gasteiger partial charge in [-0.25, -0.2) is 0 Å². The second-order valence-electron chi connectivity index (χ2n) is 4.53. The molecule has 1 N–H and O–H groups in total. The zero-order chi connectivity index (χ0) is 16.2. The Labute approximate surface area is 124 Å². The van der Waals surface area contributed by atoms with Crippen molar-refractivity contribution in [2.75, 3.05) is 0 Å². The smallest absolute Gasteiger partial charge is 0.405 e. The highest BCUT2D eigenvalue weighted by molar-refractivity contribution is 5.95. The third-order valence-corrected chi connectivity index (χ3v) is 2.90. The highest BCUT2D eigenvalue weighted by atomic mass is 19.4. The minimum atomic E-state index is -4.78. The Morgan fingerprint density at radius 1 is 1.27 bits per heavy atom. The Morgan fingerprint density at radius 3 is 2.68 bits per heavy atom. The first kappa shape index (κ1) is 15.8. The zero-order valence-electron chi connectivity index (χ0n) is 11.6. The number of hydrogen-bond acceptors (Lipinski definition) is 3. The molecule has 22 heavy (non-hydrogen) atoms. The van der Waals surface area contributed by atoms with Gasteiger partial charge < -0.3 is 10.1 Å². The fourth-order valence-electron chi connectivity index (χ4n) is 1.87. The third-order valence-electron chi connectivity index (χ3n) is 2.90. The number of carbonyl (C=O) groups excluding carboxylic acids is 1. The summed E-state index contributed by atoms with van der Waals surface area (Å²) in [4.78, 5) is 15.9. The summed E-state index contributed by atoms with van der Waals surface area (Å²) in [5.41, 5.74) is 1.34. The van der Waals surface area contributed by atoms with E-state index in [0.29, 0.717) is 11.1 Å². The van der Waals surface area contributed by atoms with Crippen LogP contribution in [0.2, 0.25) is 0 Å². The van der Waals surface area contributed by atoms with E-state index < -0.39 is 6.36 Å². The van der Waals surface area contributed by atoms with Gasteiger partial charge in [-0.3, -0.25) is 9.78 Å². The topological polar surface area (TPSA) is 51.2 Å². The largest absolute Gasteiger partial charge is 0.573 e. The number of halogens is 3. The summed E-state index contributed by atoms with van der Waals surface area (Å²) in [6.07, 6.45) is -1.76. The molecular weight excluding hydrogens is 297 g/mol. The van der Waals surface area contributed by atoms with E-state index in [4.69, 9.17) is 0 Å². The van der Waals surface area contributed by atoms with Crippen LogP contribution < -0.4 is 10.1 Å². The first-order valence-electron chi connectivity index (χ1n) is 6.39. The molecule has 0 saturated carbocycles. The van der Waals surface area contributed by atoms with Crippen LogP contribution in [0.15, 0.2) is 42.7 Å². The van der Waals surface area contributed by atoms with Crippen molar-refractivity contribution >= 4 is 5.91 Å². The van der Waals surface area contributed by atoms with Crippen LogP contribution in [-0.4, -0.2) is 17.3 Å². The number of nitrogens with zero attached hydrogens (tertiary/aromatic N) is 1. The Morgan fingerprint density at radius 2 is 2.00 bits per heavy atom. The van der Waals surface area contributed by atoms with E-state index >= 15 is 0 Å². The molecular formula is C15H13F3N2O2. The van der Waals surface area contributed by atoms with Crippen molar-refractivity contribution in [3.05, 3.63) is 59.4 Å². The van der Waals surface area contributed by atoms with Gasteiger partial charge >= 0.3 is 6.36 Å². The molecule has 0 saturated heterocycles. The number of para-hydroxylation sites is 1. The Bertz CT molecular complexity index is 672. The van der Waals surface area contributed by atoms with E-state index in [1.54, 1.807) is 19.1 Å². The van der Waals surface area contributed by atoms with Crippen LogP contribution in [0.4, 0.5) is 13.2 Å². The molecule has 0 aliphatic rings. The molecule has 0 spiro atoms. The molecule has 1 amide bonds. The van der Waals surface area contributed by atoms with Crippen molar-refractivity contribution < 1.29 is 22.7 Å². The monoisotopic (exact) mass is 310 g/mol. The summed E-state index contributed by atoms with van der Waals surface area (Å²) >= 11 is 0. The SMILES string of the molecule is Cc1cnccc1C(=O)NCc1ccccc1OC(F)(F)F. The van der Waals surface area contributed by atoms with E-state index in [1.165, 1.54) is 30.6 Å². The van der Waals surface area contributed by atoms with Crippen molar-refractivity contribution in [1.29, 1.82) is 0 Å². The van der Waals surface area contributed by atoms with Crippen LogP contribution in [0.25, 0.3) is 0 Å². The normalized spacial score (nSPS) is 11.1. The molecule has 0 aliphatic carbocycles. The fourth-order valence-corrected chi connectivity index (χ4v) is 1.87. The Balaban J connectivity index is 2.09. The van der Waals surface area contributed by atoms with Crippen LogP contribution in [0.1, 0.15) is 21.5 Å². The van der Waals surface area contributed by atoms with Gasteiger partial charge in [0.25, 0.3) is 5.91 Å². The predicted molar refractivity (Wildman–Crippen MR) is 73.3 cm³/mol. The first-order chi connectivity index (χ1) is 10.4. The van der Waals surface area contributed by atoms with Crippen molar-refractivity contribution in [2.24, 2.45) is 0 Å². The minimum Gasteiger partial charge on any atom is -0.405 e. The van der Waals surface area contributed by atoms with E-state index in [2.05, 4.69) is 15.0 Å². The summed E-state index contributed by atoms with van der Waals surface area (Å²) in [5, 5.41) is 2.57.